The highest BCUT2D eigenvalue weighted by molar-refractivity contribution is 5.94. The first-order chi connectivity index (χ1) is 14.0. The maximum Gasteiger partial charge on any atom is 0.254 e. The van der Waals surface area contributed by atoms with Crippen LogP contribution < -0.4 is 10.1 Å². The monoisotopic (exact) mass is 395 g/mol. The van der Waals surface area contributed by atoms with E-state index in [2.05, 4.69) is 10.2 Å². The molecule has 154 valence electrons. The van der Waals surface area contributed by atoms with E-state index in [4.69, 9.17) is 4.74 Å². The standard InChI is InChI=1S/C23H29N3O3/c1-17-6-4-5-7-20(17)15-24-22(27)16-25-10-12-26(13-11-25)23(28)19-9-8-18(2)21(14-19)29-3/h4-9,14H,10-13,15-16H2,1-3H3,(H,24,27). The molecule has 1 saturated heterocycles. The average molecular weight is 396 g/mol. The van der Waals surface area contributed by atoms with Gasteiger partial charge < -0.3 is 15.0 Å². The number of carbonyl (C=O) groups is 2. The Balaban J connectivity index is 1.47. The summed E-state index contributed by atoms with van der Waals surface area (Å²) >= 11 is 0. The van der Waals surface area contributed by atoms with Crippen molar-refractivity contribution in [2.24, 2.45) is 0 Å². The van der Waals surface area contributed by atoms with Gasteiger partial charge in [0.15, 0.2) is 0 Å². The van der Waals surface area contributed by atoms with Gasteiger partial charge in [-0.25, -0.2) is 0 Å². The Morgan fingerprint density at radius 1 is 1.00 bits per heavy atom. The fraction of sp³-hybridized carbons (Fsp3) is 0.391. The SMILES string of the molecule is COc1cc(C(=O)N2CCN(CC(=O)NCc3ccccc3C)CC2)ccc1C. The minimum Gasteiger partial charge on any atom is -0.496 e. The van der Waals surface area contributed by atoms with Crippen molar-refractivity contribution in [1.29, 1.82) is 0 Å². The maximum atomic E-state index is 12.8. The van der Waals surface area contributed by atoms with Gasteiger partial charge in [-0.1, -0.05) is 30.3 Å². The van der Waals surface area contributed by atoms with Gasteiger partial charge in [0.1, 0.15) is 5.75 Å². The van der Waals surface area contributed by atoms with E-state index in [1.54, 1.807) is 13.2 Å². The van der Waals surface area contributed by atoms with Gasteiger partial charge in [-0.2, -0.15) is 0 Å². The number of amides is 2. The van der Waals surface area contributed by atoms with Crippen LogP contribution in [-0.4, -0.2) is 61.4 Å². The van der Waals surface area contributed by atoms with Gasteiger partial charge in [0.25, 0.3) is 5.91 Å². The molecule has 3 rings (SSSR count). The molecule has 2 aromatic rings. The van der Waals surface area contributed by atoms with E-state index in [9.17, 15) is 9.59 Å². The van der Waals surface area contributed by atoms with E-state index in [-0.39, 0.29) is 11.8 Å². The zero-order chi connectivity index (χ0) is 20.8. The van der Waals surface area contributed by atoms with Crippen molar-refractivity contribution in [2.75, 3.05) is 39.8 Å². The van der Waals surface area contributed by atoms with Crippen LogP contribution in [0.3, 0.4) is 0 Å². The molecule has 0 aliphatic carbocycles. The molecule has 6 heteroatoms. The van der Waals surface area contributed by atoms with E-state index in [0.29, 0.717) is 44.8 Å². The topological polar surface area (TPSA) is 61.9 Å². The lowest BCUT2D eigenvalue weighted by Crippen LogP contribution is -2.51. The molecule has 0 saturated carbocycles. The van der Waals surface area contributed by atoms with Crippen LogP contribution in [0, 0.1) is 13.8 Å². The second-order valence-electron chi connectivity index (χ2n) is 7.46. The molecule has 29 heavy (non-hydrogen) atoms. The lowest BCUT2D eigenvalue weighted by atomic mass is 10.1. The molecule has 6 nitrogen and oxygen atoms in total. The number of piperazine rings is 1. The third kappa shape index (κ3) is 5.35. The molecule has 0 unspecified atom stereocenters. The van der Waals surface area contributed by atoms with Gasteiger partial charge in [0.2, 0.25) is 5.91 Å². The van der Waals surface area contributed by atoms with E-state index < -0.39 is 0 Å². The Bertz CT molecular complexity index is 873. The van der Waals surface area contributed by atoms with Crippen molar-refractivity contribution in [3.8, 4) is 5.75 Å². The largest absolute Gasteiger partial charge is 0.496 e. The zero-order valence-corrected chi connectivity index (χ0v) is 17.4. The molecule has 1 fully saturated rings. The quantitative estimate of drug-likeness (QED) is 0.816. The smallest absolute Gasteiger partial charge is 0.254 e. The van der Waals surface area contributed by atoms with Crippen LogP contribution in [0.15, 0.2) is 42.5 Å². The lowest BCUT2D eigenvalue weighted by molar-refractivity contribution is -0.122. The molecule has 1 aliphatic heterocycles. The van der Waals surface area contributed by atoms with Gasteiger partial charge in [-0.3, -0.25) is 14.5 Å². The van der Waals surface area contributed by atoms with Gasteiger partial charge in [-0.15, -0.1) is 0 Å². The predicted octanol–water partition coefficient (Wildman–Crippen LogP) is 2.39. The first-order valence-corrected chi connectivity index (χ1v) is 9.95. The van der Waals surface area contributed by atoms with Crippen molar-refractivity contribution in [2.45, 2.75) is 20.4 Å². The zero-order valence-electron chi connectivity index (χ0n) is 17.4. The first-order valence-electron chi connectivity index (χ1n) is 9.95. The third-order valence-corrected chi connectivity index (χ3v) is 5.42. The predicted molar refractivity (Wildman–Crippen MR) is 113 cm³/mol. The molecule has 1 heterocycles. The highest BCUT2D eigenvalue weighted by Gasteiger charge is 2.23. The van der Waals surface area contributed by atoms with Crippen molar-refractivity contribution >= 4 is 11.8 Å². The number of hydrogen-bond acceptors (Lipinski definition) is 4. The van der Waals surface area contributed by atoms with E-state index in [1.165, 1.54) is 5.56 Å². The Morgan fingerprint density at radius 2 is 1.72 bits per heavy atom. The van der Waals surface area contributed by atoms with Crippen molar-refractivity contribution in [3.63, 3.8) is 0 Å². The minimum atomic E-state index is 0.00644. The molecule has 2 aromatic carbocycles. The number of nitrogens with one attached hydrogen (secondary N) is 1. The summed E-state index contributed by atoms with van der Waals surface area (Å²) in [5.41, 5.74) is 3.94. The van der Waals surface area contributed by atoms with Crippen LogP contribution in [0.25, 0.3) is 0 Å². The molecule has 0 spiro atoms. The molecule has 0 bridgehead atoms. The summed E-state index contributed by atoms with van der Waals surface area (Å²) in [5.74, 6) is 0.739. The Morgan fingerprint density at radius 3 is 2.41 bits per heavy atom. The second kappa shape index (κ2) is 9.56. The van der Waals surface area contributed by atoms with Gasteiger partial charge >= 0.3 is 0 Å². The van der Waals surface area contributed by atoms with Gasteiger partial charge in [-0.05, 0) is 42.7 Å². The second-order valence-corrected chi connectivity index (χ2v) is 7.46. The number of nitrogens with zero attached hydrogens (tertiary/aromatic N) is 2. The number of aryl methyl sites for hydroxylation is 2. The number of hydrogen-bond donors (Lipinski definition) is 1. The van der Waals surface area contributed by atoms with Crippen LogP contribution >= 0.6 is 0 Å². The summed E-state index contributed by atoms with van der Waals surface area (Å²) in [6.45, 7) is 7.49. The summed E-state index contributed by atoms with van der Waals surface area (Å²) in [7, 11) is 1.61. The average Bonchev–Trinajstić information content (AvgIpc) is 2.73. The first kappa shape index (κ1) is 20.9. The summed E-state index contributed by atoms with van der Waals surface area (Å²) in [6, 6.07) is 13.6. The fourth-order valence-corrected chi connectivity index (χ4v) is 3.51. The van der Waals surface area contributed by atoms with Crippen LogP contribution in [0.2, 0.25) is 0 Å². The summed E-state index contributed by atoms with van der Waals surface area (Å²) in [5, 5.41) is 2.99. The van der Waals surface area contributed by atoms with E-state index in [1.807, 2.05) is 55.1 Å². The van der Waals surface area contributed by atoms with E-state index in [0.717, 1.165) is 16.9 Å². The maximum absolute atomic E-state index is 12.8. The van der Waals surface area contributed by atoms with Crippen LogP contribution in [0.5, 0.6) is 5.75 Å². The van der Waals surface area contributed by atoms with Crippen LogP contribution in [0.4, 0.5) is 0 Å². The molecule has 1 N–H and O–H groups in total. The number of rotatable bonds is 6. The number of benzene rings is 2. The molecule has 2 amide bonds. The summed E-state index contributed by atoms with van der Waals surface area (Å²) < 4.78 is 5.32. The number of ether oxygens (including phenoxy) is 1. The van der Waals surface area contributed by atoms with E-state index >= 15 is 0 Å². The Kier molecular flexibility index (Phi) is 6.88. The fourth-order valence-electron chi connectivity index (χ4n) is 3.51. The normalized spacial score (nSPS) is 14.5. The number of methoxy groups -OCH3 is 1. The van der Waals surface area contributed by atoms with Crippen molar-refractivity contribution < 1.29 is 14.3 Å². The molecular formula is C23H29N3O3. The highest BCUT2D eigenvalue weighted by atomic mass is 16.5. The van der Waals surface area contributed by atoms with Crippen LogP contribution in [0.1, 0.15) is 27.0 Å². The number of carbonyl (C=O) groups excluding carboxylic acids is 2. The van der Waals surface area contributed by atoms with Gasteiger partial charge in [0, 0.05) is 38.3 Å². The van der Waals surface area contributed by atoms with Gasteiger partial charge in [0.05, 0.1) is 13.7 Å². The minimum absolute atomic E-state index is 0.00644. The lowest BCUT2D eigenvalue weighted by Gasteiger charge is -2.34. The molecule has 0 atom stereocenters. The summed E-state index contributed by atoms with van der Waals surface area (Å²) in [6.07, 6.45) is 0. The highest BCUT2D eigenvalue weighted by Crippen LogP contribution is 2.20. The Hall–Kier alpha value is -2.86. The molecular weight excluding hydrogens is 366 g/mol. The molecule has 0 radical (unpaired) electrons. The van der Waals surface area contributed by atoms with Crippen LogP contribution in [-0.2, 0) is 11.3 Å². The van der Waals surface area contributed by atoms with Crippen molar-refractivity contribution in [3.05, 3.63) is 64.7 Å². The Labute approximate surface area is 172 Å². The van der Waals surface area contributed by atoms with Crippen molar-refractivity contribution in [1.82, 2.24) is 15.1 Å². The molecule has 0 aromatic heterocycles. The third-order valence-electron chi connectivity index (χ3n) is 5.42. The molecule has 1 aliphatic rings. The summed E-state index contributed by atoms with van der Waals surface area (Å²) in [4.78, 5) is 29.0.